The zero-order chi connectivity index (χ0) is 14.4. The molecule has 106 valence electrons. The van der Waals surface area contributed by atoms with Crippen LogP contribution in [0.2, 0.25) is 0 Å². The van der Waals surface area contributed by atoms with Gasteiger partial charge in [0.15, 0.2) is 0 Å². The summed E-state index contributed by atoms with van der Waals surface area (Å²) in [7, 11) is 0. The Bertz CT molecular complexity index is 538. The van der Waals surface area contributed by atoms with Crippen LogP contribution in [0.5, 0.6) is 0 Å². The number of hydrogen-bond donors (Lipinski definition) is 2. The number of aliphatic hydroxyl groups excluding tert-OH is 1. The third-order valence-corrected chi connectivity index (χ3v) is 4.89. The molecule has 0 aliphatic rings. The zero-order valence-electron chi connectivity index (χ0n) is 11.2. The predicted octanol–water partition coefficient (Wildman–Crippen LogP) is 3.21. The van der Waals surface area contributed by atoms with E-state index in [1.54, 1.807) is 11.3 Å². The van der Waals surface area contributed by atoms with Crippen LogP contribution in [0.25, 0.3) is 0 Å². The Kier molecular flexibility index (Phi) is 5.64. The van der Waals surface area contributed by atoms with Crippen LogP contribution in [-0.2, 0) is 11.4 Å². The van der Waals surface area contributed by atoms with Crippen molar-refractivity contribution in [1.82, 2.24) is 5.32 Å². The lowest BCUT2D eigenvalue weighted by Crippen LogP contribution is -2.27. The lowest BCUT2D eigenvalue weighted by atomic mass is 10.2. The van der Waals surface area contributed by atoms with Gasteiger partial charge in [-0.15, -0.1) is 23.1 Å². The Labute approximate surface area is 127 Å². The lowest BCUT2D eigenvalue weighted by molar-refractivity contribution is -0.119. The lowest BCUT2D eigenvalue weighted by Gasteiger charge is -2.12. The van der Waals surface area contributed by atoms with E-state index in [0.717, 1.165) is 15.3 Å². The van der Waals surface area contributed by atoms with Gasteiger partial charge in [0.1, 0.15) is 0 Å². The van der Waals surface area contributed by atoms with E-state index in [0.29, 0.717) is 5.75 Å². The van der Waals surface area contributed by atoms with Crippen LogP contribution in [0, 0.1) is 0 Å². The third kappa shape index (κ3) is 4.37. The molecule has 1 aromatic carbocycles. The standard InChI is InChI=1S/C15H17NO2S2/c1-11(14-3-2-8-19-14)16-15(18)10-20-13-6-4-12(9-17)5-7-13/h2-8,11,17H,9-10H2,1H3,(H,16,18). The van der Waals surface area contributed by atoms with Gasteiger partial charge in [0.25, 0.3) is 0 Å². The average Bonchev–Trinajstić information content (AvgIpc) is 3.00. The van der Waals surface area contributed by atoms with Gasteiger partial charge >= 0.3 is 0 Å². The number of rotatable bonds is 6. The molecule has 0 radical (unpaired) electrons. The first-order valence-corrected chi connectivity index (χ1v) is 8.21. The minimum atomic E-state index is 0.0298. The normalized spacial score (nSPS) is 12.1. The van der Waals surface area contributed by atoms with E-state index in [4.69, 9.17) is 5.11 Å². The predicted molar refractivity (Wildman–Crippen MR) is 84.0 cm³/mol. The van der Waals surface area contributed by atoms with Gasteiger partial charge in [0.05, 0.1) is 18.4 Å². The number of nitrogens with one attached hydrogen (secondary N) is 1. The van der Waals surface area contributed by atoms with Crippen LogP contribution in [-0.4, -0.2) is 16.8 Å². The summed E-state index contributed by atoms with van der Waals surface area (Å²) in [6.07, 6.45) is 0. The maximum Gasteiger partial charge on any atom is 0.230 e. The van der Waals surface area contributed by atoms with Gasteiger partial charge in [0, 0.05) is 9.77 Å². The second kappa shape index (κ2) is 7.47. The van der Waals surface area contributed by atoms with Crippen LogP contribution in [0.4, 0.5) is 0 Å². The zero-order valence-corrected chi connectivity index (χ0v) is 12.8. The molecule has 2 N–H and O–H groups in total. The van der Waals surface area contributed by atoms with Gasteiger partial charge < -0.3 is 10.4 Å². The van der Waals surface area contributed by atoms with E-state index in [1.165, 1.54) is 11.8 Å². The smallest absolute Gasteiger partial charge is 0.230 e. The van der Waals surface area contributed by atoms with Crippen LogP contribution in [0.3, 0.4) is 0 Å². The first kappa shape index (κ1) is 15.1. The molecular weight excluding hydrogens is 290 g/mol. The van der Waals surface area contributed by atoms with E-state index >= 15 is 0 Å². The van der Waals surface area contributed by atoms with E-state index in [9.17, 15) is 4.79 Å². The average molecular weight is 307 g/mol. The van der Waals surface area contributed by atoms with Gasteiger partial charge in [-0.05, 0) is 36.1 Å². The molecule has 0 fully saturated rings. The number of amides is 1. The first-order chi connectivity index (χ1) is 9.69. The molecule has 3 nitrogen and oxygen atoms in total. The molecular formula is C15H17NO2S2. The molecule has 0 spiro atoms. The molecule has 1 aromatic heterocycles. The SMILES string of the molecule is CC(NC(=O)CSc1ccc(CO)cc1)c1cccs1. The fourth-order valence-corrected chi connectivity index (χ4v) is 3.18. The Morgan fingerprint density at radius 2 is 2.10 bits per heavy atom. The largest absolute Gasteiger partial charge is 0.392 e. The summed E-state index contributed by atoms with van der Waals surface area (Å²) >= 11 is 3.14. The second-order valence-electron chi connectivity index (χ2n) is 4.40. The van der Waals surface area contributed by atoms with Crippen molar-refractivity contribution in [3.63, 3.8) is 0 Å². The number of carbonyl (C=O) groups excluding carboxylic acids is 1. The van der Waals surface area contributed by atoms with Crippen molar-refractivity contribution < 1.29 is 9.90 Å². The second-order valence-corrected chi connectivity index (χ2v) is 6.42. The summed E-state index contributed by atoms with van der Waals surface area (Å²) in [6.45, 7) is 2.04. The van der Waals surface area contributed by atoms with Crippen LogP contribution < -0.4 is 5.32 Å². The quantitative estimate of drug-likeness (QED) is 0.806. The van der Waals surface area contributed by atoms with Gasteiger partial charge in [-0.2, -0.15) is 0 Å². The molecule has 0 bridgehead atoms. The van der Waals surface area contributed by atoms with Gasteiger partial charge in [-0.25, -0.2) is 0 Å². The molecule has 0 aliphatic heterocycles. The summed E-state index contributed by atoms with van der Waals surface area (Å²) in [5.74, 6) is 0.427. The van der Waals surface area contributed by atoms with E-state index in [-0.39, 0.29) is 18.6 Å². The van der Waals surface area contributed by atoms with Crippen molar-refractivity contribution in [2.24, 2.45) is 0 Å². The highest BCUT2D eigenvalue weighted by Gasteiger charge is 2.10. The van der Waals surface area contributed by atoms with Crippen molar-refractivity contribution in [3.8, 4) is 0 Å². The Morgan fingerprint density at radius 3 is 2.70 bits per heavy atom. The first-order valence-electron chi connectivity index (χ1n) is 6.34. The maximum atomic E-state index is 11.9. The minimum Gasteiger partial charge on any atom is -0.392 e. The Balaban J connectivity index is 1.79. The highest BCUT2D eigenvalue weighted by molar-refractivity contribution is 8.00. The minimum absolute atomic E-state index is 0.0298. The molecule has 2 aromatic rings. The summed E-state index contributed by atoms with van der Waals surface area (Å²) < 4.78 is 0. The van der Waals surface area contributed by atoms with E-state index in [2.05, 4.69) is 5.32 Å². The van der Waals surface area contributed by atoms with Crippen molar-refractivity contribution in [2.45, 2.75) is 24.5 Å². The van der Waals surface area contributed by atoms with Crippen molar-refractivity contribution in [3.05, 3.63) is 52.2 Å². The third-order valence-electron chi connectivity index (χ3n) is 2.82. The number of carbonyl (C=O) groups is 1. The molecule has 0 saturated carbocycles. The fraction of sp³-hybridized carbons (Fsp3) is 0.267. The summed E-state index contributed by atoms with van der Waals surface area (Å²) in [5.41, 5.74) is 0.880. The molecule has 1 amide bonds. The molecule has 2 rings (SSSR count). The molecule has 1 atom stereocenters. The Hall–Kier alpha value is -1.30. The molecule has 1 unspecified atom stereocenters. The van der Waals surface area contributed by atoms with Crippen LogP contribution in [0.15, 0.2) is 46.7 Å². The van der Waals surface area contributed by atoms with Gasteiger partial charge in [-0.3, -0.25) is 4.79 Å². The number of thiophene rings is 1. The van der Waals surface area contributed by atoms with E-state index in [1.807, 2.05) is 48.7 Å². The Morgan fingerprint density at radius 1 is 1.35 bits per heavy atom. The van der Waals surface area contributed by atoms with Gasteiger partial charge in [0.2, 0.25) is 5.91 Å². The van der Waals surface area contributed by atoms with E-state index < -0.39 is 0 Å². The highest BCUT2D eigenvalue weighted by atomic mass is 32.2. The fourth-order valence-electron chi connectivity index (χ4n) is 1.73. The topological polar surface area (TPSA) is 49.3 Å². The highest BCUT2D eigenvalue weighted by Crippen LogP contribution is 2.20. The maximum absolute atomic E-state index is 11.9. The number of benzene rings is 1. The van der Waals surface area contributed by atoms with Crippen molar-refractivity contribution in [2.75, 3.05) is 5.75 Å². The summed E-state index contributed by atoms with van der Waals surface area (Å²) in [4.78, 5) is 14.1. The number of thioether (sulfide) groups is 1. The van der Waals surface area contributed by atoms with Gasteiger partial charge in [-0.1, -0.05) is 18.2 Å². The molecule has 1 heterocycles. The number of hydrogen-bond acceptors (Lipinski definition) is 4. The molecule has 0 aliphatic carbocycles. The molecule has 0 saturated heterocycles. The monoisotopic (exact) mass is 307 g/mol. The van der Waals surface area contributed by atoms with Crippen LogP contribution >= 0.6 is 23.1 Å². The van der Waals surface area contributed by atoms with Crippen molar-refractivity contribution >= 4 is 29.0 Å². The molecule has 5 heteroatoms. The number of aliphatic hydroxyl groups is 1. The van der Waals surface area contributed by atoms with Crippen LogP contribution in [0.1, 0.15) is 23.4 Å². The van der Waals surface area contributed by atoms with Crippen molar-refractivity contribution in [1.29, 1.82) is 0 Å². The summed E-state index contributed by atoms with van der Waals surface area (Å²) in [6, 6.07) is 11.7. The summed E-state index contributed by atoms with van der Waals surface area (Å²) in [5, 5.41) is 14.0. The molecule has 20 heavy (non-hydrogen) atoms.